The molecule has 0 aliphatic rings. The van der Waals surface area contributed by atoms with Crippen LogP contribution in [0.2, 0.25) is 5.02 Å². The van der Waals surface area contributed by atoms with Crippen LogP contribution < -0.4 is 10.1 Å². The average molecular weight is 357 g/mol. The Hall–Kier alpha value is -1.23. The molecule has 20 heavy (non-hydrogen) atoms. The van der Waals surface area contributed by atoms with Gasteiger partial charge >= 0.3 is 0 Å². The highest BCUT2D eigenvalue weighted by Crippen LogP contribution is 2.35. The molecule has 2 aromatic carbocycles. The fourth-order valence-corrected chi connectivity index (χ4v) is 2.45. The summed E-state index contributed by atoms with van der Waals surface area (Å²) in [6, 6.07) is 11.4. The highest BCUT2D eigenvalue weighted by atomic mass is 79.9. The normalized spacial score (nSPS) is 10.6. The van der Waals surface area contributed by atoms with E-state index in [0.717, 1.165) is 17.1 Å². The molecule has 0 aromatic heterocycles. The molecule has 0 saturated heterocycles. The van der Waals surface area contributed by atoms with Gasteiger partial charge in [-0.3, -0.25) is 0 Å². The van der Waals surface area contributed by atoms with Gasteiger partial charge in [-0.2, -0.15) is 0 Å². The van der Waals surface area contributed by atoms with Crippen molar-refractivity contribution in [2.75, 3.05) is 7.11 Å². The largest absolute Gasteiger partial charge is 0.503 e. The maximum absolute atomic E-state index is 9.75. The smallest absolute Gasteiger partial charge is 0.172 e. The van der Waals surface area contributed by atoms with Crippen LogP contribution in [0.3, 0.4) is 0 Å². The Bertz CT molecular complexity index is 587. The van der Waals surface area contributed by atoms with Crippen molar-refractivity contribution in [3.05, 3.63) is 57.0 Å². The summed E-state index contributed by atoms with van der Waals surface area (Å²) in [6.45, 7) is 1.43. The Morgan fingerprint density at radius 2 is 1.80 bits per heavy atom. The van der Waals surface area contributed by atoms with Crippen LogP contribution in [-0.4, -0.2) is 12.2 Å². The first-order valence-electron chi connectivity index (χ1n) is 6.10. The predicted molar refractivity (Wildman–Crippen MR) is 84.4 cm³/mol. The van der Waals surface area contributed by atoms with Gasteiger partial charge < -0.3 is 15.2 Å². The number of rotatable bonds is 5. The molecule has 0 saturated carbocycles. The Morgan fingerprint density at radius 3 is 2.45 bits per heavy atom. The predicted octanol–water partition coefficient (Wildman–Crippen LogP) is 4.11. The molecule has 0 radical (unpaired) electrons. The van der Waals surface area contributed by atoms with E-state index >= 15 is 0 Å². The van der Waals surface area contributed by atoms with Crippen molar-refractivity contribution in [1.82, 2.24) is 5.32 Å². The summed E-state index contributed by atoms with van der Waals surface area (Å²) in [6.07, 6.45) is 0. The molecule has 3 nitrogen and oxygen atoms in total. The molecule has 0 fully saturated rings. The Kier molecular flexibility index (Phi) is 5.29. The average Bonchev–Trinajstić information content (AvgIpc) is 2.44. The van der Waals surface area contributed by atoms with Crippen molar-refractivity contribution >= 4 is 27.5 Å². The van der Waals surface area contributed by atoms with Crippen LogP contribution >= 0.6 is 27.5 Å². The van der Waals surface area contributed by atoms with Crippen molar-refractivity contribution in [1.29, 1.82) is 0 Å². The standard InChI is InChI=1S/C15H15BrClNO2/c1-20-14-7-11(6-13(16)15(14)19)9-18-8-10-2-4-12(17)5-3-10/h2-7,18-19H,8-9H2,1H3. The number of hydrogen-bond acceptors (Lipinski definition) is 3. The molecule has 0 unspecified atom stereocenters. The summed E-state index contributed by atoms with van der Waals surface area (Å²) in [5, 5.41) is 13.8. The number of nitrogens with one attached hydrogen (secondary N) is 1. The number of benzene rings is 2. The molecule has 0 aliphatic heterocycles. The van der Waals surface area contributed by atoms with Crippen molar-refractivity contribution < 1.29 is 9.84 Å². The van der Waals surface area contributed by atoms with Crippen LogP contribution in [0.15, 0.2) is 40.9 Å². The van der Waals surface area contributed by atoms with E-state index in [0.29, 0.717) is 16.8 Å². The molecule has 0 atom stereocenters. The second-order valence-electron chi connectivity index (χ2n) is 4.36. The number of phenols is 1. The fraction of sp³-hybridized carbons (Fsp3) is 0.200. The van der Waals surface area contributed by atoms with Crippen LogP contribution in [-0.2, 0) is 13.1 Å². The third-order valence-corrected chi connectivity index (χ3v) is 3.74. The van der Waals surface area contributed by atoms with E-state index in [4.69, 9.17) is 16.3 Å². The molecule has 0 spiro atoms. The summed E-state index contributed by atoms with van der Waals surface area (Å²) in [5.74, 6) is 0.580. The molecule has 2 aromatic rings. The SMILES string of the molecule is COc1cc(CNCc2ccc(Cl)cc2)cc(Br)c1O. The first kappa shape index (κ1) is 15.2. The first-order chi connectivity index (χ1) is 9.60. The highest BCUT2D eigenvalue weighted by Gasteiger charge is 2.08. The van der Waals surface area contributed by atoms with E-state index in [9.17, 15) is 5.11 Å². The summed E-state index contributed by atoms with van der Waals surface area (Å²) >= 11 is 9.15. The van der Waals surface area contributed by atoms with E-state index in [2.05, 4.69) is 21.2 Å². The minimum absolute atomic E-state index is 0.119. The molecule has 0 heterocycles. The maximum Gasteiger partial charge on any atom is 0.172 e. The van der Waals surface area contributed by atoms with Gasteiger partial charge in [0.2, 0.25) is 0 Å². The third kappa shape index (κ3) is 3.88. The van der Waals surface area contributed by atoms with Gasteiger partial charge in [0, 0.05) is 18.1 Å². The molecule has 0 amide bonds. The Balaban J connectivity index is 1.97. The van der Waals surface area contributed by atoms with Gasteiger partial charge in [0.15, 0.2) is 11.5 Å². The number of halogens is 2. The quantitative estimate of drug-likeness (QED) is 0.847. The summed E-state index contributed by atoms with van der Waals surface area (Å²) < 4.78 is 5.75. The highest BCUT2D eigenvalue weighted by molar-refractivity contribution is 9.10. The van der Waals surface area contributed by atoms with Gasteiger partial charge in [-0.25, -0.2) is 0 Å². The fourth-order valence-electron chi connectivity index (χ4n) is 1.84. The lowest BCUT2D eigenvalue weighted by atomic mass is 10.2. The summed E-state index contributed by atoms with van der Waals surface area (Å²) in [7, 11) is 1.53. The first-order valence-corrected chi connectivity index (χ1v) is 7.28. The molecule has 0 aliphatic carbocycles. The molecule has 2 rings (SSSR count). The van der Waals surface area contributed by atoms with Crippen LogP contribution in [0.5, 0.6) is 11.5 Å². The number of methoxy groups -OCH3 is 1. The molecular formula is C15H15BrClNO2. The van der Waals surface area contributed by atoms with Crippen LogP contribution in [0, 0.1) is 0 Å². The van der Waals surface area contributed by atoms with Crippen molar-refractivity contribution in [2.45, 2.75) is 13.1 Å². The van der Waals surface area contributed by atoms with Gasteiger partial charge in [-0.1, -0.05) is 23.7 Å². The van der Waals surface area contributed by atoms with Gasteiger partial charge in [0.05, 0.1) is 11.6 Å². The zero-order valence-electron chi connectivity index (χ0n) is 11.0. The number of hydrogen-bond donors (Lipinski definition) is 2. The number of aromatic hydroxyl groups is 1. The monoisotopic (exact) mass is 355 g/mol. The molecule has 0 bridgehead atoms. The second kappa shape index (κ2) is 6.97. The summed E-state index contributed by atoms with van der Waals surface area (Å²) in [4.78, 5) is 0. The molecule has 106 valence electrons. The maximum atomic E-state index is 9.75. The minimum atomic E-state index is 0.119. The lowest BCUT2D eigenvalue weighted by Gasteiger charge is -2.10. The topological polar surface area (TPSA) is 41.5 Å². The summed E-state index contributed by atoms with van der Waals surface area (Å²) in [5.41, 5.74) is 2.19. The lowest BCUT2D eigenvalue weighted by molar-refractivity contribution is 0.371. The van der Waals surface area contributed by atoms with E-state index in [-0.39, 0.29) is 5.75 Å². The number of ether oxygens (including phenoxy) is 1. The van der Waals surface area contributed by atoms with Crippen molar-refractivity contribution in [3.8, 4) is 11.5 Å². The zero-order chi connectivity index (χ0) is 14.5. The lowest BCUT2D eigenvalue weighted by Crippen LogP contribution is -2.12. The molecule has 5 heteroatoms. The van der Waals surface area contributed by atoms with Gasteiger partial charge in [-0.05, 0) is 51.3 Å². The van der Waals surface area contributed by atoms with Gasteiger partial charge in [0.25, 0.3) is 0 Å². The van der Waals surface area contributed by atoms with Gasteiger partial charge in [0.1, 0.15) is 0 Å². The molecular weight excluding hydrogens is 342 g/mol. The van der Waals surface area contributed by atoms with Crippen molar-refractivity contribution in [2.24, 2.45) is 0 Å². The van der Waals surface area contributed by atoms with Gasteiger partial charge in [-0.15, -0.1) is 0 Å². The Morgan fingerprint density at radius 1 is 1.15 bits per heavy atom. The van der Waals surface area contributed by atoms with E-state index < -0.39 is 0 Å². The third-order valence-electron chi connectivity index (χ3n) is 2.88. The second-order valence-corrected chi connectivity index (χ2v) is 5.65. The van der Waals surface area contributed by atoms with E-state index in [1.54, 1.807) is 0 Å². The Labute approximate surface area is 131 Å². The minimum Gasteiger partial charge on any atom is -0.503 e. The van der Waals surface area contributed by atoms with E-state index in [1.165, 1.54) is 12.7 Å². The van der Waals surface area contributed by atoms with Crippen molar-refractivity contribution in [3.63, 3.8) is 0 Å². The number of phenolic OH excluding ortho intramolecular Hbond substituents is 1. The van der Waals surface area contributed by atoms with Crippen LogP contribution in [0.4, 0.5) is 0 Å². The van der Waals surface area contributed by atoms with Crippen LogP contribution in [0.25, 0.3) is 0 Å². The molecule has 2 N–H and O–H groups in total. The van der Waals surface area contributed by atoms with E-state index in [1.807, 2.05) is 36.4 Å². The van der Waals surface area contributed by atoms with Crippen LogP contribution in [0.1, 0.15) is 11.1 Å². The zero-order valence-corrected chi connectivity index (χ0v) is 13.3.